The second-order valence-corrected chi connectivity index (χ2v) is 16.9. The summed E-state index contributed by atoms with van der Waals surface area (Å²) in [5, 5.41) is 3.09. The van der Waals surface area contributed by atoms with Crippen molar-refractivity contribution in [1.29, 1.82) is 0 Å². The van der Waals surface area contributed by atoms with Crippen molar-refractivity contribution in [3.8, 4) is 0 Å². The van der Waals surface area contributed by atoms with Crippen molar-refractivity contribution in [3.63, 3.8) is 0 Å². The third kappa shape index (κ3) is 4.31. The predicted octanol–water partition coefficient (Wildman–Crippen LogP) is 7.93. The lowest BCUT2D eigenvalue weighted by molar-refractivity contribution is -0.210. The number of hydrogen-bond donors (Lipinski definition) is 1. The summed E-state index contributed by atoms with van der Waals surface area (Å²) in [6.45, 7) is 17.8. The van der Waals surface area contributed by atoms with Crippen molar-refractivity contribution in [3.05, 3.63) is 36.0 Å². The van der Waals surface area contributed by atoms with Crippen LogP contribution in [0.3, 0.4) is 0 Å². The molecule has 5 aliphatic carbocycles. The van der Waals surface area contributed by atoms with Gasteiger partial charge in [-0.2, -0.15) is 0 Å². The van der Waals surface area contributed by atoms with E-state index in [1.54, 1.807) is 6.20 Å². The second-order valence-electron chi connectivity index (χ2n) is 16.9. The quantitative estimate of drug-likeness (QED) is 0.363. The number of ether oxygens (including phenoxy) is 1. The lowest BCUT2D eigenvalue weighted by Crippen LogP contribution is -2.66. The van der Waals surface area contributed by atoms with Gasteiger partial charge in [-0.25, -0.2) is 4.98 Å². The molecule has 6 nitrogen and oxygen atoms in total. The minimum atomic E-state index is -0.523. The maximum Gasteiger partial charge on any atom is 0.302 e. The average Bonchev–Trinajstić information content (AvgIpc) is 2.93. The van der Waals surface area contributed by atoms with Gasteiger partial charge in [-0.3, -0.25) is 14.4 Å². The first-order valence-electron chi connectivity index (χ1n) is 16.7. The van der Waals surface area contributed by atoms with Crippen molar-refractivity contribution in [1.82, 2.24) is 4.98 Å². The van der Waals surface area contributed by atoms with Crippen LogP contribution in [0, 0.1) is 50.2 Å². The Hall–Kier alpha value is -2.50. The number of pyridine rings is 1. The van der Waals surface area contributed by atoms with Crippen molar-refractivity contribution in [2.24, 2.45) is 50.2 Å². The van der Waals surface area contributed by atoms with Gasteiger partial charge in [0.15, 0.2) is 5.78 Å². The molecule has 0 unspecified atom stereocenters. The van der Waals surface area contributed by atoms with Gasteiger partial charge in [-0.05, 0) is 109 Å². The van der Waals surface area contributed by atoms with Crippen molar-refractivity contribution < 1.29 is 19.1 Å². The molecule has 1 heterocycles. The van der Waals surface area contributed by atoms with E-state index in [0.717, 1.165) is 57.8 Å². The van der Waals surface area contributed by atoms with Crippen molar-refractivity contribution in [2.75, 3.05) is 5.32 Å². The number of carbonyl (C=O) groups excluding carboxylic acids is 3. The first-order chi connectivity index (χ1) is 20.0. The van der Waals surface area contributed by atoms with Crippen LogP contribution in [0.15, 0.2) is 36.0 Å². The summed E-state index contributed by atoms with van der Waals surface area (Å²) in [5.41, 5.74) is 0.277. The Balaban J connectivity index is 1.36. The van der Waals surface area contributed by atoms with Crippen LogP contribution in [0.5, 0.6) is 0 Å². The highest BCUT2D eigenvalue weighted by Gasteiger charge is 2.70. The molecule has 0 bridgehead atoms. The van der Waals surface area contributed by atoms with Crippen molar-refractivity contribution >= 4 is 23.5 Å². The molecule has 0 spiro atoms. The summed E-state index contributed by atoms with van der Waals surface area (Å²) in [7, 11) is 0. The molecular formula is C37H52N2O4. The molecule has 1 N–H and O–H groups in total. The highest BCUT2D eigenvalue weighted by atomic mass is 16.5. The van der Waals surface area contributed by atoms with Gasteiger partial charge in [0.1, 0.15) is 11.9 Å². The summed E-state index contributed by atoms with van der Waals surface area (Å²) in [4.78, 5) is 44.7. The molecule has 1 aromatic heterocycles. The summed E-state index contributed by atoms with van der Waals surface area (Å²) in [6, 6.07) is 5.59. The van der Waals surface area contributed by atoms with E-state index >= 15 is 0 Å². The van der Waals surface area contributed by atoms with Gasteiger partial charge >= 0.3 is 5.97 Å². The van der Waals surface area contributed by atoms with E-state index < -0.39 is 5.41 Å². The lowest BCUT2D eigenvalue weighted by atomic mass is 9.33. The topological polar surface area (TPSA) is 85.4 Å². The fourth-order valence-electron chi connectivity index (χ4n) is 11.5. The normalized spacial score (nSPS) is 44.9. The van der Waals surface area contributed by atoms with E-state index in [-0.39, 0.29) is 56.9 Å². The number of hydrogen-bond acceptors (Lipinski definition) is 5. The van der Waals surface area contributed by atoms with E-state index in [1.165, 1.54) is 12.5 Å². The van der Waals surface area contributed by atoms with E-state index in [2.05, 4.69) is 64.8 Å². The smallest absolute Gasteiger partial charge is 0.302 e. The Kier molecular flexibility index (Phi) is 6.92. The van der Waals surface area contributed by atoms with Crippen LogP contribution in [0.2, 0.25) is 0 Å². The van der Waals surface area contributed by atoms with Gasteiger partial charge in [0.25, 0.3) is 0 Å². The first-order valence-corrected chi connectivity index (χ1v) is 16.7. The highest BCUT2D eigenvalue weighted by Crippen LogP contribution is 2.75. The van der Waals surface area contributed by atoms with Crippen LogP contribution < -0.4 is 5.32 Å². The molecule has 0 radical (unpaired) electrons. The first kappa shape index (κ1) is 30.5. The van der Waals surface area contributed by atoms with Crippen LogP contribution in [0.1, 0.15) is 113 Å². The predicted molar refractivity (Wildman–Crippen MR) is 168 cm³/mol. The largest absolute Gasteiger partial charge is 0.462 e. The average molecular weight is 589 g/mol. The number of aromatic nitrogens is 1. The van der Waals surface area contributed by atoms with Crippen LogP contribution in [-0.2, 0) is 19.1 Å². The fraction of sp³-hybridized carbons (Fsp3) is 0.730. The number of nitrogens with zero attached hydrogens (tertiary/aromatic N) is 1. The monoisotopic (exact) mass is 588 g/mol. The maximum atomic E-state index is 14.6. The third-order valence-electron chi connectivity index (χ3n) is 14.3. The fourth-order valence-corrected chi connectivity index (χ4v) is 11.5. The second kappa shape index (κ2) is 9.75. The minimum absolute atomic E-state index is 0.0344. The van der Waals surface area contributed by atoms with Gasteiger partial charge in [-0.15, -0.1) is 0 Å². The van der Waals surface area contributed by atoms with E-state index in [1.807, 2.05) is 18.2 Å². The number of carbonyl (C=O) groups is 3. The zero-order valence-electron chi connectivity index (χ0n) is 27.6. The number of rotatable bonds is 3. The summed E-state index contributed by atoms with van der Waals surface area (Å²) in [5.74, 6) is 1.15. The van der Waals surface area contributed by atoms with Gasteiger partial charge in [0.05, 0.1) is 0 Å². The van der Waals surface area contributed by atoms with E-state index in [0.29, 0.717) is 17.5 Å². The van der Waals surface area contributed by atoms with Crippen LogP contribution in [-0.4, -0.2) is 28.7 Å². The number of amides is 1. The maximum absolute atomic E-state index is 14.6. The SMILES string of the molecule is CC(=O)O[C@@H]1CC[C@]2(C)[C@H](CC[C@]3(C)[C@@H]2C(=O)C=C2[C@@H]4C[C@](C)(C(=O)Nc5ccccn5)CC[C@]4(C)CC[C@@]23C)C1(C)C. The zero-order chi connectivity index (χ0) is 31.2. The van der Waals surface area contributed by atoms with Gasteiger partial charge in [-0.1, -0.05) is 60.1 Å². The Morgan fingerprint density at radius 3 is 2.33 bits per heavy atom. The molecule has 4 fully saturated rings. The molecule has 0 saturated heterocycles. The molecule has 6 rings (SSSR count). The minimum Gasteiger partial charge on any atom is -0.462 e. The summed E-state index contributed by atoms with van der Waals surface area (Å²) in [6.07, 6.45) is 12.2. The molecule has 9 atom stereocenters. The zero-order valence-corrected chi connectivity index (χ0v) is 27.6. The molecule has 1 aromatic rings. The number of ketones is 1. The van der Waals surface area contributed by atoms with E-state index in [4.69, 9.17) is 4.74 Å². The van der Waals surface area contributed by atoms with Gasteiger partial charge < -0.3 is 10.1 Å². The standard InChI is InChI=1S/C37H52N2O4/c1-23(40)43-28-13-14-35(6)27(32(28,2)3)12-15-37(8)30(35)26(41)21-24-25-22-34(5,31(42)39-29-11-9-10-20-38-29)17-16-33(25,4)18-19-36(24,37)7/h9-11,20-21,25,27-28,30H,12-19,22H2,1-8H3,(H,38,39,42)/t25-,27+,28+,30+,33+,34+,35+,36-,37+/m0/s1. The van der Waals surface area contributed by atoms with Gasteiger partial charge in [0, 0.05) is 29.9 Å². The molecular weight excluding hydrogens is 536 g/mol. The molecule has 0 aliphatic heterocycles. The highest BCUT2D eigenvalue weighted by molar-refractivity contribution is 5.96. The molecule has 0 aromatic carbocycles. The number of nitrogens with one attached hydrogen (secondary N) is 1. The Labute approximate surface area is 258 Å². The summed E-state index contributed by atoms with van der Waals surface area (Å²) >= 11 is 0. The number of fused-ring (bicyclic) bond motifs is 7. The number of esters is 1. The molecule has 6 heteroatoms. The lowest BCUT2D eigenvalue weighted by Gasteiger charge is -2.70. The van der Waals surface area contributed by atoms with Crippen LogP contribution in [0.4, 0.5) is 5.82 Å². The Morgan fingerprint density at radius 1 is 0.930 bits per heavy atom. The summed E-state index contributed by atoms with van der Waals surface area (Å²) < 4.78 is 5.87. The Morgan fingerprint density at radius 2 is 1.65 bits per heavy atom. The molecule has 4 saturated carbocycles. The van der Waals surface area contributed by atoms with E-state index in [9.17, 15) is 14.4 Å². The number of anilines is 1. The molecule has 5 aliphatic rings. The molecule has 43 heavy (non-hydrogen) atoms. The van der Waals surface area contributed by atoms with Crippen LogP contribution >= 0.6 is 0 Å². The molecule has 1 amide bonds. The third-order valence-corrected chi connectivity index (χ3v) is 14.3. The van der Waals surface area contributed by atoms with Crippen molar-refractivity contribution in [2.45, 2.75) is 119 Å². The molecule has 234 valence electrons. The van der Waals surface area contributed by atoms with Gasteiger partial charge in [0.2, 0.25) is 5.91 Å². The van der Waals surface area contributed by atoms with Crippen LogP contribution in [0.25, 0.3) is 0 Å². The Bertz CT molecular complexity index is 1370. The number of allylic oxidation sites excluding steroid dienone is 2.